The van der Waals surface area contributed by atoms with Gasteiger partial charge in [-0.2, -0.15) is 5.10 Å². The highest BCUT2D eigenvalue weighted by Gasteiger charge is 2.27. The van der Waals surface area contributed by atoms with E-state index in [0.29, 0.717) is 12.1 Å². The van der Waals surface area contributed by atoms with Crippen LogP contribution in [0.4, 0.5) is 0 Å². The van der Waals surface area contributed by atoms with E-state index in [1.165, 1.54) is 0 Å². The van der Waals surface area contributed by atoms with Crippen LogP contribution in [0.15, 0.2) is 29.2 Å². The number of rotatable bonds is 3. The standard InChI is InChI=1S/C17H22N4O2S/c1-12-18-13(2)21(19-12)15-5-4-10-20(11-15)17(22)14-6-8-16(9-7-14)24(3)23/h6-9,15H,4-5,10-11H2,1-3H3/t15-,24-/m0/s1. The molecule has 3 rings (SSSR count). The highest BCUT2D eigenvalue weighted by atomic mass is 32.2. The summed E-state index contributed by atoms with van der Waals surface area (Å²) in [6, 6.07) is 7.21. The lowest BCUT2D eigenvalue weighted by atomic mass is 10.0. The van der Waals surface area contributed by atoms with Crippen LogP contribution in [0.2, 0.25) is 0 Å². The summed E-state index contributed by atoms with van der Waals surface area (Å²) in [6.45, 7) is 5.23. The zero-order valence-corrected chi connectivity index (χ0v) is 15.0. The maximum Gasteiger partial charge on any atom is 0.253 e. The Morgan fingerprint density at radius 2 is 1.96 bits per heavy atom. The van der Waals surface area contributed by atoms with E-state index in [1.807, 2.05) is 23.4 Å². The van der Waals surface area contributed by atoms with Gasteiger partial charge in [0.25, 0.3) is 5.91 Å². The fourth-order valence-electron chi connectivity index (χ4n) is 3.19. The lowest BCUT2D eigenvalue weighted by molar-refractivity contribution is 0.0671. The second kappa shape index (κ2) is 6.84. The molecule has 1 amide bonds. The Bertz CT molecular complexity index is 769. The van der Waals surface area contributed by atoms with Crippen LogP contribution in [0.1, 0.15) is 40.9 Å². The molecule has 1 aliphatic heterocycles. The van der Waals surface area contributed by atoms with E-state index in [-0.39, 0.29) is 11.9 Å². The van der Waals surface area contributed by atoms with Crippen molar-refractivity contribution in [3.63, 3.8) is 0 Å². The summed E-state index contributed by atoms with van der Waals surface area (Å²) in [5.74, 6) is 1.67. The largest absolute Gasteiger partial charge is 0.337 e. The highest BCUT2D eigenvalue weighted by molar-refractivity contribution is 7.84. The van der Waals surface area contributed by atoms with Gasteiger partial charge in [-0.1, -0.05) is 0 Å². The van der Waals surface area contributed by atoms with E-state index in [9.17, 15) is 9.00 Å². The van der Waals surface area contributed by atoms with Gasteiger partial charge in [-0.25, -0.2) is 9.67 Å². The van der Waals surface area contributed by atoms with E-state index in [4.69, 9.17) is 0 Å². The molecule has 1 aliphatic rings. The van der Waals surface area contributed by atoms with Crippen molar-refractivity contribution in [3.05, 3.63) is 41.5 Å². The van der Waals surface area contributed by atoms with Crippen LogP contribution in [0.25, 0.3) is 0 Å². The summed E-state index contributed by atoms with van der Waals surface area (Å²) in [7, 11) is -1.03. The molecule has 0 unspecified atom stereocenters. The van der Waals surface area contributed by atoms with Crippen molar-refractivity contribution >= 4 is 16.7 Å². The van der Waals surface area contributed by atoms with Crippen LogP contribution in [-0.2, 0) is 10.8 Å². The lowest BCUT2D eigenvalue weighted by Gasteiger charge is -2.33. The van der Waals surface area contributed by atoms with Crippen molar-refractivity contribution in [2.45, 2.75) is 37.6 Å². The number of benzene rings is 1. The molecule has 128 valence electrons. The van der Waals surface area contributed by atoms with Crippen molar-refractivity contribution in [1.82, 2.24) is 19.7 Å². The molecule has 0 bridgehead atoms. The molecule has 0 saturated carbocycles. The molecule has 2 aromatic rings. The summed E-state index contributed by atoms with van der Waals surface area (Å²) < 4.78 is 13.4. The topological polar surface area (TPSA) is 68.1 Å². The third-order valence-corrected chi connectivity index (χ3v) is 5.31. The van der Waals surface area contributed by atoms with Gasteiger partial charge in [0.05, 0.1) is 6.04 Å². The molecule has 24 heavy (non-hydrogen) atoms. The number of hydrogen-bond donors (Lipinski definition) is 0. The van der Waals surface area contributed by atoms with Gasteiger partial charge in [0.15, 0.2) is 0 Å². The molecular formula is C17H22N4O2S. The number of carbonyl (C=O) groups excluding carboxylic acids is 1. The van der Waals surface area contributed by atoms with E-state index in [1.54, 1.807) is 30.5 Å². The second-order valence-corrected chi connectivity index (χ2v) is 7.56. The average Bonchev–Trinajstić information content (AvgIpc) is 2.93. The minimum absolute atomic E-state index is 0.0163. The molecule has 1 fully saturated rings. The molecular weight excluding hydrogens is 324 g/mol. The normalized spacial score (nSPS) is 19.3. The predicted octanol–water partition coefficient (Wildman–Crippen LogP) is 2.11. The SMILES string of the molecule is Cc1nc(C)n([C@H]2CCCN(C(=O)c3ccc([S@](C)=O)cc3)C2)n1. The highest BCUT2D eigenvalue weighted by Crippen LogP contribution is 2.23. The summed E-state index contributed by atoms with van der Waals surface area (Å²) in [4.78, 5) is 19.7. The van der Waals surface area contributed by atoms with Crippen LogP contribution >= 0.6 is 0 Å². The molecule has 0 aliphatic carbocycles. The number of piperidine rings is 1. The first-order chi connectivity index (χ1) is 11.5. The first kappa shape index (κ1) is 16.8. The van der Waals surface area contributed by atoms with Gasteiger partial charge in [-0.3, -0.25) is 9.00 Å². The summed E-state index contributed by atoms with van der Waals surface area (Å²) in [5, 5.41) is 4.47. The summed E-state index contributed by atoms with van der Waals surface area (Å²) >= 11 is 0. The molecule has 2 atom stereocenters. The minimum atomic E-state index is -1.03. The van der Waals surface area contributed by atoms with Crippen LogP contribution in [0, 0.1) is 13.8 Å². The van der Waals surface area contributed by atoms with Crippen molar-refractivity contribution < 1.29 is 9.00 Å². The number of nitrogens with zero attached hydrogens (tertiary/aromatic N) is 4. The Balaban J connectivity index is 1.75. The number of aromatic nitrogens is 3. The molecule has 2 heterocycles. The number of aryl methyl sites for hydroxylation is 2. The Kier molecular flexibility index (Phi) is 4.80. The van der Waals surface area contributed by atoms with Crippen molar-refractivity contribution in [2.24, 2.45) is 0 Å². The fraction of sp³-hybridized carbons (Fsp3) is 0.471. The zero-order valence-electron chi connectivity index (χ0n) is 14.2. The van der Waals surface area contributed by atoms with Gasteiger partial charge < -0.3 is 4.90 Å². The van der Waals surface area contributed by atoms with Crippen molar-refractivity contribution in [1.29, 1.82) is 0 Å². The van der Waals surface area contributed by atoms with Gasteiger partial charge in [0, 0.05) is 40.6 Å². The minimum Gasteiger partial charge on any atom is -0.337 e. The molecule has 6 nitrogen and oxygen atoms in total. The van der Waals surface area contributed by atoms with Gasteiger partial charge in [0.2, 0.25) is 0 Å². The van der Waals surface area contributed by atoms with Gasteiger partial charge >= 0.3 is 0 Å². The Morgan fingerprint density at radius 3 is 2.54 bits per heavy atom. The zero-order chi connectivity index (χ0) is 17.3. The number of hydrogen-bond acceptors (Lipinski definition) is 4. The first-order valence-electron chi connectivity index (χ1n) is 8.08. The Labute approximate surface area is 144 Å². The third-order valence-electron chi connectivity index (χ3n) is 4.37. The average molecular weight is 346 g/mol. The monoisotopic (exact) mass is 346 g/mol. The van der Waals surface area contributed by atoms with Gasteiger partial charge in [-0.15, -0.1) is 0 Å². The van der Waals surface area contributed by atoms with Crippen LogP contribution in [0.5, 0.6) is 0 Å². The van der Waals surface area contributed by atoms with E-state index < -0.39 is 10.8 Å². The van der Waals surface area contributed by atoms with Crippen molar-refractivity contribution in [2.75, 3.05) is 19.3 Å². The molecule has 1 aromatic carbocycles. The molecule has 1 saturated heterocycles. The molecule has 7 heteroatoms. The summed E-state index contributed by atoms with van der Waals surface area (Å²) in [6.07, 6.45) is 3.58. The first-order valence-corrected chi connectivity index (χ1v) is 9.64. The maximum absolute atomic E-state index is 12.8. The Morgan fingerprint density at radius 1 is 1.25 bits per heavy atom. The number of amides is 1. The molecule has 1 aromatic heterocycles. The lowest BCUT2D eigenvalue weighted by Crippen LogP contribution is -2.41. The van der Waals surface area contributed by atoms with Gasteiger partial charge in [-0.05, 0) is 51.0 Å². The fourth-order valence-corrected chi connectivity index (χ4v) is 3.71. The third kappa shape index (κ3) is 3.40. The van der Waals surface area contributed by atoms with Crippen LogP contribution < -0.4 is 0 Å². The maximum atomic E-state index is 12.8. The van der Waals surface area contributed by atoms with Crippen molar-refractivity contribution in [3.8, 4) is 0 Å². The van der Waals surface area contributed by atoms with Crippen LogP contribution in [0.3, 0.4) is 0 Å². The smallest absolute Gasteiger partial charge is 0.253 e. The molecule has 0 N–H and O–H groups in total. The second-order valence-electron chi connectivity index (χ2n) is 6.18. The summed E-state index contributed by atoms with van der Waals surface area (Å²) in [5.41, 5.74) is 0.636. The van der Waals surface area contributed by atoms with E-state index >= 15 is 0 Å². The quantitative estimate of drug-likeness (QED) is 0.854. The predicted molar refractivity (Wildman–Crippen MR) is 92.4 cm³/mol. The number of likely N-dealkylation sites (tertiary alicyclic amines) is 1. The van der Waals surface area contributed by atoms with Gasteiger partial charge in [0.1, 0.15) is 11.6 Å². The van der Waals surface area contributed by atoms with E-state index in [0.717, 1.165) is 35.9 Å². The molecule has 0 spiro atoms. The van der Waals surface area contributed by atoms with E-state index in [2.05, 4.69) is 10.1 Å². The Hall–Kier alpha value is -2.02. The molecule has 0 radical (unpaired) electrons. The van der Waals surface area contributed by atoms with Crippen LogP contribution in [-0.4, -0.2) is 49.1 Å². The number of carbonyl (C=O) groups is 1.